The van der Waals surface area contributed by atoms with E-state index in [4.69, 9.17) is 0 Å². The lowest BCUT2D eigenvalue weighted by Crippen LogP contribution is -2.43. The average Bonchev–Trinajstić information content (AvgIpc) is 3.26. The van der Waals surface area contributed by atoms with Crippen molar-refractivity contribution >= 4 is 29.8 Å². The van der Waals surface area contributed by atoms with Crippen molar-refractivity contribution in [2.75, 3.05) is 26.2 Å². The largest absolute Gasteiger partial charge is 0.338 e. The Labute approximate surface area is 152 Å². The Morgan fingerprint density at radius 1 is 1.17 bits per heavy atom. The van der Waals surface area contributed by atoms with Crippen LogP contribution in [0.3, 0.4) is 0 Å². The molecule has 1 aromatic heterocycles. The van der Waals surface area contributed by atoms with Gasteiger partial charge in [-0.25, -0.2) is 0 Å². The van der Waals surface area contributed by atoms with Gasteiger partial charge in [-0.05, 0) is 48.8 Å². The van der Waals surface area contributed by atoms with E-state index in [1.54, 1.807) is 0 Å². The first-order valence-corrected chi connectivity index (χ1v) is 9.05. The number of rotatable bonds is 2. The Morgan fingerprint density at radius 2 is 1.92 bits per heavy atom. The van der Waals surface area contributed by atoms with Crippen molar-refractivity contribution in [1.82, 2.24) is 14.6 Å². The maximum atomic E-state index is 12.7. The van der Waals surface area contributed by atoms with E-state index in [-0.39, 0.29) is 18.3 Å². The normalized spacial score (nSPS) is 19.2. The van der Waals surface area contributed by atoms with Gasteiger partial charge in [-0.1, -0.05) is 30.3 Å². The molecule has 128 valence electrons. The number of halogens is 1. The van der Waals surface area contributed by atoms with E-state index in [0.29, 0.717) is 5.41 Å². The molecule has 0 radical (unpaired) electrons. The number of carbonyl (C=O) groups is 1. The van der Waals surface area contributed by atoms with E-state index in [0.717, 1.165) is 55.2 Å². The molecule has 0 atom stereocenters. The second kappa shape index (κ2) is 7.21. The highest BCUT2D eigenvalue weighted by Crippen LogP contribution is 2.37. The number of hydrogen-bond donors (Lipinski definition) is 1. The summed E-state index contributed by atoms with van der Waals surface area (Å²) in [4.78, 5) is 15.5. The molecule has 4 nitrogen and oxygen atoms in total. The van der Waals surface area contributed by atoms with Crippen molar-refractivity contribution in [2.24, 2.45) is 5.41 Å². The third-order valence-corrected chi connectivity index (χ3v) is 6.01. The molecule has 0 saturated carbocycles. The van der Waals surface area contributed by atoms with Gasteiger partial charge >= 0.3 is 0 Å². The highest BCUT2D eigenvalue weighted by atomic mass is 35.5. The van der Waals surface area contributed by atoms with Crippen LogP contribution in [0.15, 0.2) is 36.4 Å². The summed E-state index contributed by atoms with van der Waals surface area (Å²) >= 11 is 1.32. The van der Waals surface area contributed by atoms with Crippen LogP contribution in [-0.2, 0) is 0 Å². The number of carbonyl (C=O) groups excluding carboxylic acids is 1. The van der Waals surface area contributed by atoms with Gasteiger partial charge in [-0.2, -0.15) is 4.37 Å². The molecule has 6 heteroatoms. The second-order valence-corrected chi connectivity index (χ2v) is 7.47. The maximum absolute atomic E-state index is 12.7. The van der Waals surface area contributed by atoms with Gasteiger partial charge < -0.3 is 10.2 Å². The Hall–Kier alpha value is -1.43. The van der Waals surface area contributed by atoms with Crippen LogP contribution in [0.25, 0.3) is 11.3 Å². The van der Waals surface area contributed by atoms with Crippen molar-refractivity contribution in [3.8, 4) is 11.3 Å². The fraction of sp³-hybridized carbons (Fsp3) is 0.444. The van der Waals surface area contributed by atoms with Gasteiger partial charge in [0.05, 0.1) is 5.69 Å². The van der Waals surface area contributed by atoms with Crippen LogP contribution in [0.5, 0.6) is 0 Å². The zero-order chi connectivity index (χ0) is 15.7. The fourth-order valence-corrected chi connectivity index (χ4v) is 4.41. The summed E-state index contributed by atoms with van der Waals surface area (Å²) in [6.45, 7) is 4.00. The number of hydrogen-bond acceptors (Lipinski definition) is 4. The molecule has 1 aromatic carbocycles. The van der Waals surface area contributed by atoms with E-state index < -0.39 is 0 Å². The Balaban J connectivity index is 0.00000169. The number of benzene rings is 1. The van der Waals surface area contributed by atoms with Crippen molar-refractivity contribution < 1.29 is 4.79 Å². The monoisotopic (exact) mass is 363 g/mol. The first-order chi connectivity index (χ1) is 11.3. The number of amides is 1. The van der Waals surface area contributed by atoms with Crippen LogP contribution in [0, 0.1) is 5.41 Å². The van der Waals surface area contributed by atoms with Gasteiger partial charge in [0.25, 0.3) is 5.91 Å². The lowest BCUT2D eigenvalue weighted by Gasteiger charge is -2.38. The third-order valence-electron chi connectivity index (χ3n) is 5.23. The SMILES string of the molecule is Cl.O=C(c1cc(-c2ccccc2)ns1)N1CCC2(CCNC2)CC1. The van der Waals surface area contributed by atoms with Crippen LogP contribution in [-0.4, -0.2) is 41.4 Å². The van der Waals surface area contributed by atoms with Crippen molar-refractivity contribution in [3.05, 3.63) is 41.3 Å². The van der Waals surface area contributed by atoms with E-state index >= 15 is 0 Å². The number of aromatic nitrogens is 1. The molecule has 1 spiro atoms. The lowest BCUT2D eigenvalue weighted by atomic mass is 9.78. The second-order valence-electron chi connectivity index (χ2n) is 6.66. The molecule has 0 aliphatic carbocycles. The standard InChI is InChI=1S/C18H21N3OS.ClH/c22-17(21-10-7-18(8-11-21)6-9-19-13-18)16-12-15(20-23-16)14-4-2-1-3-5-14;/h1-5,12,19H,6-11,13H2;1H. The minimum absolute atomic E-state index is 0. The summed E-state index contributed by atoms with van der Waals surface area (Å²) < 4.78 is 4.46. The summed E-state index contributed by atoms with van der Waals surface area (Å²) in [7, 11) is 0. The molecule has 2 aliphatic heterocycles. The van der Waals surface area contributed by atoms with Crippen molar-refractivity contribution in [3.63, 3.8) is 0 Å². The van der Waals surface area contributed by atoms with Crippen molar-refractivity contribution in [1.29, 1.82) is 0 Å². The van der Waals surface area contributed by atoms with Crippen LogP contribution >= 0.6 is 23.9 Å². The Kier molecular flexibility index (Phi) is 5.23. The molecule has 0 unspecified atom stereocenters. The molecule has 24 heavy (non-hydrogen) atoms. The third kappa shape index (κ3) is 3.34. The highest BCUT2D eigenvalue weighted by Gasteiger charge is 2.38. The molecular formula is C18H22ClN3OS. The highest BCUT2D eigenvalue weighted by molar-refractivity contribution is 7.08. The molecule has 1 N–H and O–H groups in total. The Morgan fingerprint density at radius 3 is 2.58 bits per heavy atom. The summed E-state index contributed by atoms with van der Waals surface area (Å²) in [6.07, 6.45) is 3.50. The van der Waals surface area contributed by atoms with Gasteiger partial charge in [-0.15, -0.1) is 12.4 Å². The predicted molar refractivity (Wildman–Crippen MR) is 99.9 cm³/mol. The first kappa shape index (κ1) is 17.4. The molecule has 2 saturated heterocycles. The minimum atomic E-state index is 0. The molecule has 0 bridgehead atoms. The summed E-state index contributed by atoms with van der Waals surface area (Å²) in [5, 5.41) is 3.47. The Bertz CT molecular complexity index is 687. The number of nitrogens with one attached hydrogen (secondary N) is 1. The van der Waals surface area contributed by atoms with Crippen molar-refractivity contribution in [2.45, 2.75) is 19.3 Å². The van der Waals surface area contributed by atoms with Gasteiger partial charge in [0.1, 0.15) is 4.88 Å². The van der Waals surface area contributed by atoms with Crippen LogP contribution in [0.4, 0.5) is 0 Å². The molecule has 2 aliphatic rings. The summed E-state index contributed by atoms with van der Waals surface area (Å²) in [6, 6.07) is 12.0. The summed E-state index contributed by atoms with van der Waals surface area (Å²) in [5.74, 6) is 0.144. The molecule has 3 heterocycles. The quantitative estimate of drug-likeness (QED) is 0.888. The zero-order valence-electron chi connectivity index (χ0n) is 13.5. The van der Waals surface area contributed by atoms with Gasteiger partial charge in [-0.3, -0.25) is 4.79 Å². The van der Waals surface area contributed by atoms with Crippen LogP contribution in [0.1, 0.15) is 28.9 Å². The van der Waals surface area contributed by atoms with E-state index in [2.05, 4.69) is 9.69 Å². The number of piperidine rings is 1. The lowest BCUT2D eigenvalue weighted by molar-refractivity contribution is 0.0612. The fourth-order valence-electron chi connectivity index (χ4n) is 3.68. The summed E-state index contributed by atoms with van der Waals surface area (Å²) in [5.41, 5.74) is 2.41. The molecule has 2 fully saturated rings. The smallest absolute Gasteiger partial charge is 0.265 e. The van der Waals surface area contributed by atoms with Gasteiger partial charge in [0.15, 0.2) is 0 Å². The molecular weight excluding hydrogens is 342 g/mol. The first-order valence-electron chi connectivity index (χ1n) is 8.28. The minimum Gasteiger partial charge on any atom is -0.338 e. The number of nitrogens with zero attached hydrogens (tertiary/aromatic N) is 2. The predicted octanol–water partition coefficient (Wildman–Crippen LogP) is 3.45. The van der Waals surface area contributed by atoms with Crippen LogP contribution < -0.4 is 5.32 Å². The maximum Gasteiger partial charge on any atom is 0.265 e. The van der Waals surface area contributed by atoms with E-state index in [1.807, 2.05) is 41.3 Å². The van der Waals surface area contributed by atoms with Crippen LogP contribution in [0.2, 0.25) is 0 Å². The van der Waals surface area contributed by atoms with E-state index in [9.17, 15) is 4.79 Å². The molecule has 2 aromatic rings. The number of likely N-dealkylation sites (tertiary alicyclic amines) is 1. The molecule has 1 amide bonds. The van der Waals surface area contributed by atoms with Gasteiger partial charge in [0, 0.05) is 25.2 Å². The van der Waals surface area contributed by atoms with Gasteiger partial charge in [0.2, 0.25) is 0 Å². The topological polar surface area (TPSA) is 45.2 Å². The van der Waals surface area contributed by atoms with E-state index in [1.165, 1.54) is 18.0 Å². The molecule has 4 rings (SSSR count). The zero-order valence-corrected chi connectivity index (χ0v) is 15.2. The average molecular weight is 364 g/mol.